The van der Waals surface area contributed by atoms with E-state index >= 15 is 0 Å². The number of primary sulfonamides is 1. The van der Waals surface area contributed by atoms with Crippen LogP contribution < -0.4 is 10.5 Å². The van der Waals surface area contributed by atoms with Gasteiger partial charge in [0.2, 0.25) is 10.0 Å². The molecule has 0 aliphatic heterocycles. The van der Waals surface area contributed by atoms with Crippen molar-refractivity contribution in [3.8, 4) is 0 Å². The van der Waals surface area contributed by atoms with Crippen LogP contribution in [0.5, 0.6) is 0 Å². The first-order valence-corrected chi connectivity index (χ1v) is 6.72. The summed E-state index contributed by atoms with van der Waals surface area (Å²) in [6, 6.07) is 6.23. The third-order valence-corrected chi connectivity index (χ3v) is 3.39. The average Bonchev–Trinajstić information content (AvgIpc) is 2.72. The molecule has 7 nitrogen and oxygen atoms in total. The fraction of sp³-hybridized carbons (Fsp3) is 0.200. The Hall–Kier alpha value is -1.93. The van der Waals surface area contributed by atoms with Gasteiger partial charge in [0.1, 0.15) is 0 Å². The lowest BCUT2D eigenvalue weighted by Crippen LogP contribution is -2.12. The number of nitrogens with one attached hydrogen (secondary N) is 1. The van der Waals surface area contributed by atoms with E-state index in [0.717, 1.165) is 11.4 Å². The monoisotopic (exact) mass is 267 g/mol. The maximum Gasteiger partial charge on any atom is 0.238 e. The Morgan fingerprint density at radius 1 is 1.33 bits per heavy atom. The van der Waals surface area contributed by atoms with E-state index in [9.17, 15) is 8.42 Å². The molecule has 2 rings (SSSR count). The Morgan fingerprint density at radius 2 is 2.00 bits per heavy atom. The summed E-state index contributed by atoms with van der Waals surface area (Å²) in [5, 5.41) is 15.7. The molecular weight excluding hydrogens is 254 g/mol. The van der Waals surface area contributed by atoms with Gasteiger partial charge < -0.3 is 5.32 Å². The van der Waals surface area contributed by atoms with Crippen molar-refractivity contribution in [2.45, 2.75) is 11.4 Å². The van der Waals surface area contributed by atoms with Gasteiger partial charge in [0.15, 0.2) is 0 Å². The third kappa shape index (κ3) is 2.84. The maximum absolute atomic E-state index is 11.1. The lowest BCUT2D eigenvalue weighted by Gasteiger charge is -2.06. The molecule has 18 heavy (non-hydrogen) atoms. The van der Waals surface area contributed by atoms with E-state index < -0.39 is 10.0 Å². The molecule has 0 spiro atoms. The maximum atomic E-state index is 11.1. The molecule has 0 bridgehead atoms. The largest absolute Gasteiger partial charge is 0.379 e. The van der Waals surface area contributed by atoms with Crippen molar-refractivity contribution in [1.82, 2.24) is 15.0 Å². The van der Waals surface area contributed by atoms with Crippen LogP contribution in [0.3, 0.4) is 0 Å². The van der Waals surface area contributed by atoms with Crippen LogP contribution >= 0.6 is 0 Å². The van der Waals surface area contributed by atoms with E-state index in [1.54, 1.807) is 30.1 Å². The lowest BCUT2D eigenvalue weighted by molar-refractivity contribution is 0.598. The van der Waals surface area contributed by atoms with Crippen LogP contribution in [0.25, 0.3) is 0 Å². The molecule has 2 aromatic rings. The van der Waals surface area contributed by atoms with Crippen molar-refractivity contribution in [2.24, 2.45) is 12.2 Å². The van der Waals surface area contributed by atoms with Gasteiger partial charge in [-0.25, -0.2) is 13.6 Å². The summed E-state index contributed by atoms with van der Waals surface area (Å²) in [6.07, 6.45) is 1.66. The van der Waals surface area contributed by atoms with E-state index in [2.05, 4.69) is 15.6 Å². The lowest BCUT2D eigenvalue weighted by atomic mass is 10.3. The van der Waals surface area contributed by atoms with Gasteiger partial charge in [0.05, 0.1) is 23.3 Å². The molecule has 8 heteroatoms. The number of hydrogen-bond acceptors (Lipinski definition) is 5. The van der Waals surface area contributed by atoms with Gasteiger partial charge in [-0.3, -0.25) is 4.68 Å². The summed E-state index contributed by atoms with van der Waals surface area (Å²) in [7, 11) is -1.84. The highest BCUT2D eigenvalue weighted by atomic mass is 32.2. The van der Waals surface area contributed by atoms with E-state index in [0.29, 0.717) is 6.54 Å². The number of aryl methyl sites for hydroxylation is 1. The number of sulfonamides is 1. The molecule has 0 unspecified atom stereocenters. The smallest absolute Gasteiger partial charge is 0.238 e. The van der Waals surface area contributed by atoms with E-state index in [-0.39, 0.29) is 4.90 Å². The van der Waals surface area contributed by atoms with Crippen molar-refractivity contribution >= 4 is 15.7 Å². The summed E-state index contributed by atoms with van der Waals surface area (Å²) in [6.45, 7) is 0.554. The predicted molar refractivity (Wildman–Crippen MR) is 66.1 cm³/mol. The fourth-order valence-corrected chi connectivity index (χ4v) is 1.94. The molecule has 96 valence electrons. The summed E-state index contributed by atoms with van der Waals surface area (Å²) < 4.78 is 23.8. The number of hydrogen-bond donors (Lipinski definition) is 2. The number of anilines is 1. The molecule has 0 saturated heterocycles. The fourth-order valence-electron chi connectivity index (χ4n) is 1.43. The molecule has 1 aromatic heterocycles. The van der Waals surface area contributed by atoms with Crippen molar-refractivity contribution < 1.29 is 8.42 Å². The average molecular weight is 267 g/mol. The van der Waals surface area contributed by atoms with Gasteiger partial charge in [0, 0.05) is 12.7 Å². The molecule has 0 saturated carbocycles. The highest BCUT2D eigenvalue weighted by Gasteiger charge is 2.06. The van der Waals surface area contributed by atoms with Crippen LogP contribution in [0.15, 0.2) is 35.4 Å². The minimum Gasteiger partial charge on any atom is -0.379 e. The molecule has 0 aliphatic rings. The van der Waals surface area contributed by atoms with E-state index in [4.69, 9.17) is 5.14 Å². The highest BCUT2D eigenvalue weighted by molar-refractivity contribution is 7.89. The van der Waals surface area contributed by atoms with Gasteiger partial charge in [0.25, 0.3) is 0 Å². The van der Waals surface area contributed by atoms with Crippen molar-refractivity contribution in [2.75, 3.05) is 5.32 Å². The third-order valence-electron chi connectivity index (χ3n) is 2.46. The molecular formula is C10H13N5O2S. The molecule has 0 radical (unpaired) electrons. The number of benzene rings is 1. The second-order valence-electron chi connectivity index (χ2n) is 3.77. The topological polar surface area (TPSA) is 103 Å². The summed E-state index contributed by atoms with van der Waals surface area (Å²) >= 11 is 0. The van der Waals surface area contributed by atoms with Crippen LogP contribution in [-0.4, -0.2) is 23.4 Å². The summed E-state index contributed by atoms with van der Waals surface area (Å²) in [5.41, 5.74) is 1.72. The van der Waals surface area contributed by atoms with Crippen LogP contribution in [0.4, 0.5) is 5.69 Å². The molecule has 0 atom stereocenters. The number of aromatic nitrogens is 3. The number of nitrogens with two attached hydrogens (primary N) is 1. The second kappa shape index (κ2) is 4.75. The standard InChI is InChI=1S/C10H13N5O2S/c1-15-9(7-13-14-15)6-12-8-2-4-10(5-3-8)18(11,16)17/h2-5,7,12H,6H2,1H3,(H2,11,16,17). The van der Waals surface area contributed by atoms with Crippen LogP contribution in [-0.2, 0) is 23.6 Å². The Morgan fingerprint density at radius 3 is 2.50 bits per heavy atom. The van der Waals surface area contributed by atoms with Gasteiger partial charge in [-0.15, -0.1) is 5.10 Å². The zero-order chi connectivity index (χ0) is 13.2. The zero-order valence-electron chi connectivity index (χ0n) is 9.74. The Labute approximate surface area is 105 Å². The minimum absolute atomic E-state index is 0.0928. The number of rotatable bonds is 4. The van der Waals surface area contributed by atoms with Crippen LogP contribution in [0.2, 0.25) is 0 Å². The highest BCUT2D eigenvalue weighted by Crippen LogP contribution is 2.13. The molecule has 1 aromatic carbocycles. The first-order chi connectivity index (χ1) is 8.47. The van der Waals surface area contributed by atoms with E-state index in [1.807, 2.05) is 0 Å². The summed E-state index contributed by atoms with van der Waals surface area (Å²) in [4.78, 5) is 0.0928. The van der Waals surface area contributed by atoms with Crippen molar-refractivity contribution in [3.05, 3.63) is 36.2 Å². The Kier molecular flexibility index (Phi) is 3.30. The molecule has 1 heterocycles. The quantitative estimate of drug-likeness (QED) is 0.816. The first kappa shape index (κ1) is 12.5. The Bertz CT molecular complexity index is 633. The Balaban J connectivity index is 2.05. The normalized spacial score (nSPS) is 11.4. The molecule has 3 N–H and O–H groups in total. The van der Waals surface area contributed by atoms with Crippen LogP contribution in [0.1, 0.15) is 5.69 Å². The van der Waals surface area contributed by atoms with Gasteiger partial charge in [-0.2, -0.15) is 0 Å². The van der Waals surface area contributed by atoms with Gasteiger partial charge in [-0.1, -0.05) is 5.21 Å². The first-order valence-electron chi connectivity index (χ1n) is 5.17. The van der Waals surface area contributed by atoms with Crippen molar-refractivity contribution in [1.29, 1.82) is 0 Å². The molecule has 0 aliphatic carbocycles. The molecule has 0 fully saturated rings. The molecule has 0 amide bonds. The minimum atomic E-state index is -3.64. The zero-order valence-corrected chi connectivity index (χ0v) is 10.6. The van der Waals surface area contributed by atoms with Gasteiger partial charge in [-0.05, 0) is 24.3 Å². The predicted octanol–water partition coefficient (Wildman–Crippen LogP) is 0.0746. The number of nitrogens with zero attached hydrogens (tertiary/aromatic N) is 3. The van der Waals surface area contributed by atoms with Crippen LogP contribution in [0, 0.1) is 0 Å². The SMILES string of the molecule is Cn1nncc1CNc1ccc(S(N)(=O)=O)cc1. The summed E-state index contributed by atoms with van der Waals surface area (Å²) in [5.74, 6) is 0. The second-order valence-corrected chi connectivity index (χ2v) is 5.33. The van der Waals surface area contributed by atoms with E-state index in [1.165, 1.54) is 12.1 Å². The van der Waals surface area contributed by atoms with Gasteiger partial charge >= 0.3 is 0 Å². The van der Waals surface area contributed by atoms with Crippen molar-refractivity contribution in [3.63, 3.8) is 0 Å².